The van der Waals surface area contributed by atoms with Gasteiger partial charge in [0.05, 0.1) is 17.1 Å². The largest absolute Gasteiger partial charge is 0.327 e. The zero-order chi connectivity index (χ0) is 19.6. The molecular weight excluding hydrogens is 363 g/mol. The summed E-state index contributed by atoms with van der Waals surface area (Å²) in [6.07, 6.45) is 2.63. The van der Waals surface area contributed by atoms with Crippen molar-refractivity contribution in [1.82, 2.24) is 9.55 Å². The summed E-state index contributed by atoms with van der Waals surface area (Å²) in [6.45, 7) is 1.93. The molecule has 1 amide bonds. The number of carbonyl (C=O) groups excluding carboxylic acids is 1. The molecule has 0 radical (unpaired) electrons. The quantitative estimate of drug-likeness (QED) is 0.677. The predicted octanol–water partition coefficient (Wildman–Crippen LogP) is 3.71. The van der Waals surface area contributed by atoms with Crippen molar-refractivity contribution >= 4 is 34.4 Å². The van der Waals surface area contributed by atoms with Gasteiger partial charge in [-0.3, -0.25) is 4.79 Å². The van der Waals surface area contributed by atoms with Crippen molar-refractivity contribution in [2.75, 3.05) is 17.3 Å². The van der Waals surface area contributed by atoms with E-state index in [1.807, 2.05) is 43.0 Å². The topological polar surface area (TPSA) is 72.9 Å². The van der Waals surface area contributed by atoms with Crippen molar-refractivity contribution in [3.63, 3.8) is 0 Å². The van der Waals surface area contributed by atoms with E-state index in [0.717, 1.165) is 33.9 Å². The van der Waals surface area contributed by atoms with Gasteiger partial charge in [0, 0.05) is 24.4 Å². The van der Waals surface area contributed by atoms with Gasteiger partial charge in [-0.05, 0) is 61.2 Å². The summed E-state index contributed by atoms with van der Waals surface area (Å²) in [5.74, 6) is 1.10. The molecule has 1 atom stereocenters. The van der Waals surface area contributed by atoms with Crippen LogP contribution >= 0.6 is 11.8 Å². The van der Waals surface area contributed by atoms with Gasteiger partial charge >= 0.3 is 0 Å². The summed E-state index contributed by atoms with van der Waals surface area (Å²) in [4.78, 5) is 16.8. The molecule has 0 unspecified atom stereocenters. The molecule has 2 aromatic carbocycles. The number of aromatic nitrogens is 2. The van der Waals surface area contributed by atoms with Gasteiger partial charge in [0.15, 0.2) is 0 Å². The summed E-state index contributed by atoms with van der Waals surface area (Å²) in [7, 11) is 1.90. The van der Waals surface area contributed by atoms with Gasteiger partial charge in [0.2, 0.25) is 5.91 Å². The number of benzene rings is 2. The molecule has 0 aliphatic rings. The van der Waals surface area contributed by atoms with E-state index in [0.29, 0.717) is 11.9 Å². The van der Waals surface area contributed by atoms with E-state index in [1.54, 1.807) is 17.8 Å². The number of nitrogens with two attached hydrogens (primary N) is 1. The number of nitrogens with zero attached hydrogens (tertiary/aromatic N) is 2. The highest BCUT2D eigenvalue weighted by molar-refractivity contribution is 7.98. The van der Waals surface area contributed by atoms with Gasteiger partial charge in [0.1, 0.15) is 11.6 Å². The Kier molecular flexibility index (Phi) is 5.82. The van der Waals surface area contributed by atoms with Crippen molar-refractivity contribution < 1.29 is 9.18 Å². The molecule has 1 heterocycles. The molecule has 0 aliphatic heterocycles. The van der Waals surface area contributed by atoms with Crippen LogP contribution in [0.3, 0.4) is 0 Å². The minimum atomic E-state index is -0.522. The molecule has 0 fully saturated rings. The second-order valence-electron chi connectivity index (χ2n) is 6.53. The van der Waals surface area contributed by atoms with Gasteiger partial charge < -0.3 is 15.6 Å². The van der Waals surface area contributed by atoms with Gasteiger partial charge in [-0.15, -0.1) is 0 Å². The van der Waals surface area contributed by atoms with Crippen LogP contribution in [-0.4, -0.2) is 33.5 Å². The molecule has 27 heavy (non-hydrogen) atoms. The number of fused-ring (bicyclic) bond motifs is 1. The molecule has 142 valence electrons. The van der Waals surface area contributed by atoms with Crippen LogP contribution in [0.4, 0.5) is 10.1 Å². The minimum Gasteiger partial charge on any atom is -0.327 e. The number of anilines is 1. The van der Waals surface area contributed by atoms with Crippen LogP contribution in [0.1, 0.15) is 12.0 Å². The second-order valence-corrected chi connectivity index (χ2v) is 7.52. The molecular formula is C20H23FN4OS. The Morgan fingerprint density at radius 2 is 2.11 bits per heavy atom. The first kappa shape index (κ1) is 19.4. The average molecular weight is 386 g/mol. The lowest BCUT2D eigenvalue weighted by Crippen LogP contribution is -2.36. The number of thioether (sulfide) groups is 1. The third-order valence-electron chi connectivity index (χ3n) is 4.56. The van der Waals surface area contributed by atoms with Crippen molar-refractivity contribution in [1.29, 1.82) is 0 Å². The standard InChI is InChI=1S/C20H23FN4OS/c1-12-10-13(4-6-16(12)24-20(26)15(22)8-9-27-3)19-23-17-11-14(21)5-7-18(17)25(19)2/h4-7,10-11,15H,8-9,22H2,1-3H3,(H,24,26)/t15-/m0/s1. The van der Waals surface area contributed by atoms with Crippen molar-refractivity contribution in [3.8, 4) is 11.4 Å². The molecule has 0 saturated carbocycles. The maximum Gasteiger partial charge on any atom is 0.241 e. The Labute approximate surface area is 162 Å². The summed E-state index contributed by atoms with van der Waals surface area (Å²) >= 11 is 1.67. The Balaban J connectivity index is 1.85. The highest BCUT2D eigenvalue weighted by Crippen LogP contribution is 2.27. The summed E-state index contributed by atoms with van der Waals surface area (Å²) < 4.78 is 15.4. The monoisotopic (exact) mass is 386 g/mol. The third kappa shape index (κ3) is 4.14. The van der Waals surface area contributed by atoms with Crippen LogP contribution in [0.25, 0.3) is 22.4 Å². The summed E-state index contributed by atoms with van der Waals surface area (Å²) in [6, 6.07) is 9.76. The highest BCUT2D eigenvalue weighted by atomic mass is 32.2. The van der Waals surface area contributed by atoms with E-state index in [1.165, 1.54) is 12.1 Å². The number of aryl methyl sites for hydroxylation is 2. The SMILES string of the molecule is CSCC[C@H](N)C(=O)Nc1ccc(-c2nc3cc(F)ccc3n2C)cc1C. The number of carbonyl (C=O) groups is 1. The maximum atomic E-state index is 13.5. The molecule has 1 aromatic heterocycles. The Hall–Kier alpha value is -2.38. The number of hydrogen-bond acceptors (Lipinski definition) is 4. The van der Waals surface area contributed by atoms with Crippen LogP contribution < -0.4 is 11.1 Å². The van der Waals surface area contributed by atoms with Crippen LogP contribution in [0, 0.1) is 12.7 Å². The zero-order valence-corrected chi connectivity index (χ0v) is 16.4. The fourth-order valence-corrected chi connectivity index (χ4v) is 3.47. The van der Waals surface area contributed by atoms with Gasteiger partial charge in [-0.25, -0.2) is 9.37 Å². The van der Waals surface area contributed by atoms with Gasteiger partial charge in [-0.2, -0.15) is 11.8 Å². The van der Waals surface area contributed by atoms with Gasteiger partial charge in [-0.1, -0.05) is 0 Å². The molecule has 3 rings (SSSR count). The zero-order valence-electron chi connectivity index (χ0n) is 15.6. The molecule has 0 aliphatic carbocycles. The van der Waals surface area contributed by atoms with Crippen LogP contribution in [-0.2, 0) is 11.8 Å². The van der Waals surface area contributed by atoms with Crippen LogP contribution in [0.5, 0.6) is 0 Å². The molecule has 3 N–H and O–H groups in total. The first-order valence-corrected chi connectivity index (χ1v) is 10.1. The van der Waals surface area contributed by atoms with E-state index in [9.17, 15) is 9.18 Å². The van der Waals surface area contributed by atoms with Crippen molar-refractivity contribution in [3.05, 3.63) is 47.8 Å². The lowest BCUT2D eigenvalue weighted by molar-refractivity contribution is -0.117. The van der Waals surface area contributed by atoms with E-state index < -0.39 is 6.04 Å². The fraction of sp³-hybridized carbons (Fsp3) is 0.300. The maximum absolute atomic E-state index is 13.5. The Morgan fingerprint density at radius 3 is 2.81 bits per heavy atom. The number of amides is 1. The minimum absolute atomic E-state index is 0.182. The lowest BCUT2D eigenvalue weighted by Gasteiger charge is -2.14. The first-order chi connectivity index (χ1) is 12.9. The van der Waals surface area contributed by atoms with E-state index in [4.69, 9.17) is 5.73 Å². The summed E-state index contributed by atoms with van der Waals surface area (Å²) in [5, 5.41) is 2.90. The molecule has 0 spiro atoms. The number of nitrogens with one attached hydrogen (secondary N) is 1. The second kappa shape index (κ2) is 8.10. The first-order valence-electron chi connectivity index (χ1n) is 8.69. The number of rotatable bonds is 6. The van der Waals surface area contributed by atoms with Gasteiger partial charge in [0.25, 0.3) is 0 Å². The van der Waals surface area contributed by atoms with Crippen molar-refractivity contribution in [2.24, 2.45) is 12.8 Å². The smallest absolute Gasteiger partial charge is 0.241 e. The fourth-order valence-electron chi connectivity index (χ4n) is 2.98. The average Bonchev–Trinajstić information content (AvgIpc) is 2.97. The van der Waals surface area contributed by atoms with Crippen LogP contribution in [0.2, 0.25) is 0 Å². The number of hydrogen-bond donors (Lipinski definition) is 2. The lowest BCUT2D eigenvalue weighted by atomic mass is 10.1. The normalized spacial score (nSPS) is 12.3. The van der Waals surface area contributed by atoms with E-state index in [2.05, 4.69) is 10.3 Å². The Morgan fingerprint density at radius 1 is 1.33 bits per heavy atom. The number of halogens is 1. The van der Waals surface area contributed by atoms with Crippen molar-refractivity contribution in [2.45, 2.75) is 19.4 Å². The predicted molar refractivity (Wildman–Crippen MR) is 110 cm³/mol. The third-order valence-corrected chi connectivity index (χ3v) is 5.20. The molecule has 0 bridgehead atoms. The molecule has 0 saturated heterocycles. The Bertz CT molecular complexity index is 986. The molecule has 5 nitrogen and oxygen atoms in total. The summed E-state index contributed by atoms with van der Waals surface area (Å²) in [5.41, 5.74) is 9.95. The van der Waals surface area contributed by atoms with Crippen LogP contribution in [0.15, 0.2) is 36.4 Å². The van der Waals surface area contributed by atoms with E-state index in [-0.39, 0.29) is 11.7 Å². The molecule has 7 heteroatoms. The number of imidazole rings is 1. The van der Waals surface area contributed by atoms with E-state index >= 15 is 0 Å². The highest BCUT2D eigenvalue weighted by Gasteiger charge is 2.15. The molecule has 3 aromatic rings.